The number of benzene rings is 3. The number of aliphatic imine (C=N–C) groups is 1. The van der Waals surface area contributed by atoms with E-state index in [0.29, 0.717) is 12.8 Å². The highest BCUT2D eigenvalue weighted by Gasteiger charge is 2.54. The molecule has 0 saturated carbocycles. The lowest BCUT2D eigenvalue weighted by molar-refractivity contribution is -0.127. The van der Waals surface area contributed by atoms with Gasteiger partial charge in [0.15, 0.2) is 5.66 Å². The summed E-state index contributed by atoms with van der Waals surface area (Å²) in [6.07, 6.45) is 4.30. The number of carbonyl (C=O) groups is 3. The van der Waals surface area contributed by atoms with E-state index in [1.807, 2.05) is 18.2 Å². The zero-order valence-corrected chi connectivity index (χ0v) is 22.2. The quantitative estimate of drug-likeness (QED) is 0.473. The van der Waals surface area contributed by atoms with Crippen LogP contribution in [-0.2, 0) is 28.1 Å². The number of amides is 4. The Kier molecular flexibility index (Phi) is 6.09. The van der Waals surface area contributed by atoms with Gasteiger partial charge in [-0.2, -0.15) is 0 Å². The molecule has 0 aromatic heterocycles. The van der Waals surface area contributed by atoms with Gasteiger partial charge in [-0.25, -0.2) is 23.0 Å². The van der Waals surface area contributed by atoms with Gasteiger partial charge in [0, 0.05) is 43.6 Å². The highest BCUT2D eigenvalue weighted by atomic mass is 19.1. The number of nitrogens with zero attached hydrogens (tertiary/aromatic N) is 3. The number of rotatable bonds is 5. The fraction of sp³-hybridized carbons (Fsp3) is 0.226. The van der Waals surface area contributed by atoms with Gasteiger partial charge in [-0.15, -0.1) is 0 Å². The van der Waals surface area contributed by atoms with Crippen molar-refractivity contribution in [2.24, 2.45) is 4.99 Å². The normalized spacial score (nSPS) is 23.6. The molecule has 1 spiro atoms. The monoisotopic (exact) mass is 558 g/mol. The fourth-order valence-electron chi connectivity index (χ4n) is 5.90. The van der Waals surface area contributed by atoms with Gasteiger partial charge in [-0.05, 0) is 47.9 Å². The third-order valence-electron chi connectivity index (χ3n) is 8.23. The van der Waals surface area contributed by atoms with E-state index in [0.717, 1.165) is 34.9 Å². The van der Waals surface area contributed by atoms with E-state index in [2.05, 4.69) is 10.3 Å². The summed E-state index contributed by atoms with van der Waals surface area (Å²) in [5.74, 6) is -3.17. The molecular weight excluding hydrogens is 533 g/mol. The molecule has 1 unspecified atom stereocenters. The van der Waals surface area contributed by atoms with E-state index in [1.165, 1.54) is 28.0 Å². The largest absolute Gasteiger partial charge is 0.324 e. The highest BCUT2D eigenvalue weighted by Crippen LogP contribution is 2.39. The Morgan fingerprint density at radius 2 is 1.66 bits per heavy atom. The Morgan fingerprint density at radius 1 is 0.951 bits per heavy atom. The molecule has 3 aliphatic rings. The maximum Gasteiger partial charge on any atom is 0.324 e. The molecule has 1 saturated heterocycles. The summed E-state index contributed by atoms with van der Waals surface area (Å²) in [7, 11) is 1.61. The Hall–Kier alpha value is -4.73. The van der Waals surface area contributed by atoms with Crippen LogP contribution in [0, 0.1) is 17.5 Å². The molecule has 2 heterocycles. The molecule has 6 rings (SSSR count). The summed E-state index contributed by atoms with van der Waals surface area (Å²) in [6.45, 7) is 1.57. The van der Waals surface area contributed by atoms with E-state index >= 15 is 0 Å². The smallest absolute Gasteiger partial charge is 0.312 e. The summed E-state index contributed by atoms with van der Waals surface area (Å²) < 4.78 is 43.1. The van der Waals surface area contributed by atoms with Crippen LogP contribution in [0.15, 0.2) is 71.7 Å². The number of hydrogen-bond donors (Lipinski definition) is 1. The molecule has 208 valence electrons. The van der Waals surface area contributed by atoms with Crippen molar-refractivity contribution in [2.75, 3.05) is 13.6 Å². The zero-order chi connectivity index (χ0) is 29.1. The number of carbonyl (C=O) groups excluding carboxylic acids is 3. The van der Waals surface area contributed by atoms with Gasteiger partial charge in [0.1, 0.15) is 28.7 Å². The first-order valence-electron chi connectivity index (χ1n) is 13.0. The maximum absolute atomic E-state index is 14.7. The van der Waals surface area contributed by atoms with Crippen molar-refractivity contribution < 1.29 is 27.6 Å². The first kappa shape index (κ1) is 26.5. The molecule has 2 aliphatic heterocycles. The van der Waals surface area contributed by atoms with Crippen molar-refractivity contribution in [3.63, 3.8) is 0 Å². The van der Waals surface area contributed by atoms with Crippen molar-refractivity contribution in [3.05, 3.63) is 112 Å². The van der Waals surface area contributed by atoms with Crippen molar-refractivity contribution in [2.45, 2.75) is 31.0 Å². The van der Waals surface area contributed by atoms with Crippen LogP contribution < -0.4 is 5.32 Å². The van der Waals surface area contributed by atoms with E-state index in [-0.39, 0.29) is 29.3 Å². The SMILES string of the molecule is CN1C(=O)NC(=O)C12Cc1ccc(C=CCN3C(=O)C(c4ccccc4F)=N[C@@]3(C)c3cc(F)cc(F)c3)cc1C2. The molecule has 1 N–H and O–H groups in total. The minimum atomic E-state index is -1.50. The fourth-order valence-corrected chi connectivity index (χ4v) is 5.90. The third-order valence-corrected chi connectivity index (χ3v) is 8.23. The number of nitrogens with one attached hydrogen (secondary N) is 1. The molecule has 1 fully saturated rings. The Labute approximate surface area is 234 Å². The van der Waals surface area contributed by atoms with E-state index in [1.54, 1.807) is 32.2 Å². The van der Waals surface area contributed by atoms with Crippen LogP contribution >= 0.6 is 0 Å². The van der Waals surface area contributed by atoms with Gasteiger partial charge in [-0.1, -0.05) is 42.5 Å². The summed E-state index contributed by atoms with van der Waals surface area (Å²) in [6, 6.07) is 14.0. The first-order chi connectivity index (χ1) is 19.5. The number of likely N-dealkylation sites (N-methyl/N-ethyl adjacent to an activating group) is 1. The summed E-state index contributed by atoms with van der Waals surface area (Å²) in [5.41, 5.74) is 0.237. The molecule has 1 aliphatic carbocycles. The Bertz CT molecular complexity index is 1680. The van der Waals surface area contributed by atoms with E-state index < -0.39 is 40.6 Å². The molecule has 41 heavy (non-hydrogen) atoms. The number of fused-ring (bicyclic) bond motifs is 1. The van der Waals surface area contributed by atoms with Crippen LogP contribution in [0.4, 0.5) is 18.0 Å². The molecule has 4 amide bonds. The molecule has 10 heteroatoms. The van der Waals surface area contributed by atoms with Gasteiger partial charge < -0.3 is 9.80 Å². The van der Waals surface area contributed by atoms with Crippen molar-refractivity contribution in [3.8, 4) is 0 Å². The topological polar surface area (TPSA) is 82.1 Å². The molecule has 3 aromatic carbocycles. The zero-order valence-electron chi connectivity index (χ0n) is 22.2. The maximum atomic E-state index is 14.7. The standard InChI is InChI=1S/C31H25F3N4O3/c1-30(21-13-22(32)15-23(33)14-21)36-26(24-7-3-4-8-25(24)34)27(39)38(30)11-5-6-18-9-10-19-16-31(17-20(19)12-18)28(40)35-29(41)37(31)2/h3-10,12-15H,11,16-17H2,1-2H3,(H,35,40,41)/t30-,31?/m1/s1. The first-order valence-corrected chi connectivity index (χ1v) is 13.0. The van der Waals surface area contributed by atoms with Crippen LogP contribution in [0.5, 0.6) is 0 Å². The minimum Gasteiger partial charge on any atom is -0.312 e. The lowest BCUT2D eigenvalue weighted by Crippen LogP contribution is -2.48. The lowest BCUT2D eigenvalue weighted by atomic mass is 9.95. The Morgan fingerprint density at radius 3 is 2.34 bits per heavy atom. The van der Waals surface area contributed by atoms with Gasteiger partial charge in [-0.3, -0.25) is 14.9 Å². The second kappa shape index (κ2) is 9.43. The van der Waals surface area contributed by atoms with Crippen LogP contribution in [0.3, 0.4) is 0 Å². The number of imide groups is 1. The lowest BCUT2D eigenvalue weighted by Gasteiger charge is -2.32. The van der Waals surface area contributed by atoms with Crippen molar-refractivity contribution in [1.29, 1.82) is 0 Å². The van der Waals surface area contributed by atoms with Crippen LogP contribution in [0.25, 0.3) is 6.08 Å². The van der Waals surface area contributed by atoms with Crippen molar-refractivity contribution in [1.82, 2.24) is 15.1 Å². The van der Waals surface area contributed by atoms with Gasteiger partial charge in [0.25, 0.3) is 11.8 Å². The van der Waals surface area contributed by atoms with Crippen LogP contribution in [0.1, 0.15) is 34.7 Å². The average Bonchev–Trinajstić information content (AvgIpc) is 3.51. The molecule has 0 bridgehead atoms. The van der Waals surface area contributed by atoms with Gasteiger partial charge in [0.2, 0.25) is 0 Å². The molecular formula is C31H25F3N4O3. The second-order valence-electron chi connectivity index (χ2n) is 10.7. The minimum absolute atomic E-state index is 0.000898. The van der Waals surface area contributed by atoms with Crippen molar-refractivity contribution >= 4 is 29.6 Å². The second-order valence-corrected chi connectivity index (χ2v) is 10.7. The molecule has 7 nitrogen and oxygen atoms in total. The number of urea groups is 1. The Balaban J connectivity index is 1.29. The molecule has 2 atom stereocenters. The van der Waals surface area contributed by atoms with Gasteiger partial charge in [0.05, 0.1) is 0 Å². The summed E-state index contributed by atoms with van der Waals surface area (Å²) in [4.78, 5) is 45.5. The molecule has 0 radical (unpaired) electrons. The van der Waals surface area contributed by atoms with E-state index in [4.69, 9.17) is 0 Å². The third kappa shape index (κ3) is 4.21. The van der Waals surface area contributed by atoms with Crippen LogP contribution in [0.2, 0.25) is 0 Å². The van der Waals surface area contributed by atoms with Crippen LogP contribution in [-0.4, -0.2) is 52.5 Å². The summed E-state index contributed by atoms with van der Waals surface area (Å²) in [5, 5.41) is 2.38. The number of hydrogen-bond acceptors (Lipinski definition) is 4. The summed E-state index contributed by atoms with van der Waals surface area (Å²) >= 11 is 0. The predicted molar refractivity (Wildman–Crippen MR) is 145 cm³/mol. The van der Waals surface area contributed by atoms with E-state index in [9.17, 15) is 27.6 Å². The predicted octanol–water partition coefficient (Wildman–Crippen LogP) is 4.34. The number of halogens is 3. The van der Waals surface area contributed by atoms with Gasteiger partial charge >= 0.3 is 6.03 Å². The average molecular weight is 559 g/mol. The molecule has 3 aromatic rings. The highest BCUT2D eigenvalue weighted by molar-refractivity contribution is 6.46.